The van der Waals surface area contributed by atoms with Gasteiger partial charge in [0, 0.05) is 29.9 Å². The van der Waals surface area contributed by atoms with Crippen molar-refractivity contribution < 1.29 is 9.59 Å². The second kappa shape index (κ2) is 8.65. The predicted octanol–water partition coefficient (Wildman–Crippen LogP) is 3.16. The fraction of sp³-hybridized carbons (Fsp3) is 0.263. The second-order valence-electron chi connectivity index (χ2n) is 5.86. The Balaban J connectivity index is 1.94. The third kappa shape index (κ3) is 5.31. The van der Waals surface area contributed by atoms with Gasteiger partial charge in [0.2, 0.25) is 5.91 Å². The van der Waals surface area contributed by atoms with E-state index in [9.17, 15) is 9.59 Å². The zero-order valence-corrected chi connectivity index (χ0v) is 15.3. The number of amides is 2. The number of likely N-dealkylation sites (N-methyl/N-ethyl adjacent to an activating group) is 1. The fourth-order valence-electron chi connectivity index (χ4n) is 2.31. The topological polar surface area (TPSA) is 61.4 Å². The molecule has 2 aromatic rings. The summed E-state index contributed by atoms with van der Waals surface area (Å²) < 4.78 is 0. The van der Waals surface area contributed by atoms with Gasteiger partial charge in [-0.15, -0.1) is 0 Å². The van der Waals surface area contributed by atoms with E-state index in [1.54, 1.807) is 43.4 Å². The Hall–Kier alpha value is -2.37. The minimum atomic E-state index is -0.311. The van der Waals surface area contributed by atoms with Gasteiger partial charge in [-0.05, 0) is 55.9 Å². The highest BCUT2D eigenvalue weighted by molar-refractivity contribution is 6.30. The van der Waals surface area contributed by atoms with Crippen molar-refractivity contribution in [1.29, 1.82) is 0 Å². The molecular formula is C19H22ClN3O2. The molecule has 0 fully saturated rings. The Labute approximate surface area is 153 Å². The summed E-state index contributed by atoms with van der Waals surface area (Å²) in [4.78, 5) is 25.9. The molecule has 5 nitrogen and oxygen atoms in total. The number of nitrogens with zero attached hydrogens (tertiary/aromatic N) is 1. The maximum absolute atomic E-state index is 12.4. The first-order valence-electron chi connectivity index (χ1n) is 7.98. The summed E-state index contributed by atoms with van der Waals surface area (Å²) in [5, 5.41) is 6.09. The molecule has 2 rings (SSSR count). The summed E-state index contributed by atoms with van der Waals surface area (Å²) >= 11 is 5.85. The van der Waals surface area contributed by atoms with E-state index in [0.29, 0.717) is 22.8 Å². The predicted molar refractivity (Wildman–Crippen MR) is 101 cm³/mol. The van der Waals surface area contributed by atoms with Crippen LogP contribution in [0, 0.1) is 0 Å². The third-order valence-electron chi connectivity index (χ3n) is 4.03. The SMILES string of the molecule is CNC(=O)c1ccc(CN(C)[C@H](C)C(=O)Nc2ccc(Cl)cc2)cc1. The molecule has 1 atom stereocenters. The summed E-state index contributed by atoms with van der Waals surface area (Å²) in [7, 11) is 3.49. The van der Waals surface area contributed by atoms with Gasteiger partial charge in [0.05, 0.1) is 6.04 Å². The van der Waals surface area contributed by atoms with Crippen molar-refractivity contribution in [3.63, 3.8) is 0 Å². The molecule has 0 spiro atoms. The molecule has 25 heavy (non-hydrogen) atoms. The zero-order valence-electron chi connectivity index (χ0n) is 14.5. The molecule has 132 valence electrons. The first kappa shape index (κ1) is 19.0. The van der Waals surface area contributed by atoms with Crippen molar-refractivity contribution >= 4 is 29.1 Å². The van der Waals surface area contributed by atoms with Crippen LogP contribution in [0.25, 0.3) is 0 Å². The van der Waals surface area contributed by atoms with E-state index in [1.165, 1.54) is 0 Å². The van der Waals surface area contributed by atoms with Gasteiger partial charge in [-0.3, -0.25) is 14.5 Å². The van der Waals surface area contributed by atoms with Crippen molar-refractivity contribution in [2.75, 3.05) is 19.4 Å². The van der Waals surface area contributed by atoms with Crippen molar-refractivity contribution in [3.8, 4) is 0 Å². The highest BCUT2D eigenvalue weighted by atomic mass is 35.5. The largest absolute Gasteiger partial charge is 0.355 e. The van der Waals surface area contributed by atoms with E-state index in [4.69, 9.17) is 11.6 Å². The summed E-state index contributed by atoms with van der Waals surface area (Å²) in [6.07, 6.45) is 0. The molecule has 2 amide bonds. The van der Waals surface area contributed by atoms with E-state index in [-0.39, 0.29) is 17.9 Å². The molecule has 0 unspecified atom stereocenters. The Morgan fingerprint density at radius 3 is 2.24 bits per heavy atom. The van der Waals surface area contributed by atoms with Crippen LogP contribution in [0.5, 0.6) is 0 Å². The maximum atomic E-state index is 12.4. The average Bonchev–Trinajstić information content (AvgIpc) is 2.62. The lowest BCUT2D eigenvalue weighted by Crippen LogP contribution is -2.39. The molecule has 0 saturated carbocycles. The molecule has 6 heteroatoms. The smallest absolute Gasteiger partial charge is 0.251 e. The first-order valence-corrected chi connectivity index (χ1v) is 8.36. The number of hydrogen-bond donors (Lipinski definition) is 2. The standard InChI is InChI=1S/C19H22ClN3O2/c1-13(18(24)22-17-10-8-16(20)9-11-17)23(3)12-14-4-6-15(7-5-14)19(25)21-2/h4-11,13H,12H2,1-3H3,(H,21,25)(H,22,24)/t13-/m1/s1. The number of anilines is 1. The Morgan fingerprint density at radius 1 is 1.08 bits per heavy atom. The molecule has 2 aromatic carbocycles. The van der Waals surface area contributed by atoms with Crippen molar-refractivity contribution in [3.05, 3.63) is 64.7 Å². The quantitative estimate of drug-likeness (QED) is 0.832. The highest BCUT2D eigenvalue weighted by Crippen LogP contribution is 2.15. The lowest BCUT2D eigenvalue weighted by molar-refractivity contribution is -0.120. The van der Waals surface area contributed by atoms with Gasteiger partial charge in [0.15, 0.2) is 0 Å². The molecular weight excluding hydrogens is 338 g/mol. The summed E-state index contributed by atoms with van der Waals surface area (Å²) in [6, 6.07) is 14.0. The summed E-state index contributed by atoms with van der Waals surface area (Å²) in [5.74, 6) is -0.206. The number of carbonyl (C=O) groups is 2. The van der Waals surface area contributed by atoms with E-state index in [0.717, 1.165) is 5.56 Å². The minimum absolute atomic E-state index is 0.0909. The Bertz CT molecular complexity index is 729. The van der Waals surface area contributed by atoms with Crippen LogP contribution in [0.15, 0.2) is 48.5 Å². The normalized spacial score (nSPS) is 11.9. The van der Waals surface area contributed by atoms with Gasteiger partial charge in [-0.2, -0.15) is 0 Å². The summed E-state index contributed by atoms with van der Waals surface area (Å²) in [5.41, 5.74) is 2.35. The number of nitrogens with one attached hydrogen (secondary N) is 2. The minimum Gasteiger partial charge on any atom is -0.355 e. The van der Waals surface area contributed by atoms with Crippen molar-refractivity contribution in [1.82, 2.24) is 10.2 Å². The molecule has 0 heterocycles. The number of rotatable bonds is 6. The van der Waals surface area contributed by atoms with Crippen LogP contribution in [-0.2, 0) is 11.3 Å². The van der Waals surface area contributed by atoms with Crippen LogP contribution in [0.4, 0.5) is 5.69 Å². The highest BCUT2D eigenvalue weighted by Gasteiger charge is 2.18. The van der Waals surface area contributed by atoms with Crippen LogP contribution in [-0.4, -0.2) is 36.9 Å². The van der Waals surface area contributed by atoms with Gasteiger partial charge in [0.25, 0.3) is 5.91 Å². The molecule has 0 aliphatic heterocycles. The number of hydrogen-bond acceptors (Lipinski definition) is 3. The van der Waals surface area contributed by atoms with Gasteiger partial charge in [-0.1, -0.05) is 23.7 Å². The van der Waals surface area contributed by atoms with E-state index in [1.807, 2.05) is 31.0 Å². The first-order chi connectivity index (χ1) is 11.9. The van der Waals surface area contributed by atoms with Gasteiger partial charge in [0.1, 0.15) is 0 Å². The number of halogens is 1. The molecule has 0 aromatic heterocycles. The number of benzene rings is 2. The van der Waals surface area contributed by atoms with E-state index < -0.39 is 0 Å². The van der Waals surface area contributed by atoms with E-state index in [2.05, 4.69) is 10.6 Å². The zero-order chi connectivity index (χ0) is 18.4. The Kier molecular flexibility index (Phi) is 6.56. The van der Waals surface area contributed by atoms with Crippen LogP contribution in [0.1, 0.15) is 22.8 Å². The molecule has 0 radical (unpaired) electrons. The second-order valence-corrected chi connectivity index (χ2v) is 6.30. The average molecular weight is 360 g/mol. The molecule has 2 N–H and O–H groups in total. The monoisotopic (exact) mass is 359 g/mol. The molecule has 0 bridgehead atoms. The lowest BCUT2D eigenvalue weighted by Gasteiger charge is -2.24. The molecule has 0 saturated heterocycles. The lowest BCUT2D eigenvalue weighted by atomic mass is 10.1. The van der Waals surface area contributed by atoms with Crippen LogP contribution in [0.2, 0.25) is 5.02 Å². The Morgan fingerprint density at radius 2 is 1.68 bits per heavy atom. The molecule has 0 aliphatic rings. The third-order valence-corrected chi connectivity index (χ3v) is 4.28. The van der Waals surface area contributed by atoms with Crippen LogP contribution < -0.4 is 10.6 Å². The van der Waals surface area contributed by atoms with Crippen LogP contribution >= 0.6 is 11.6 Å². The molecule has 0 aliphatic carbocycles. The van der Waals surface area contributed by atoms with Gasteiger partial charge >= 0.3 is 0 Å². The van der Waals surface area contributed by atoms with Gasteiger partial charge < -0.3 is 10.6 Å². The fourth-order valence-corrected chi connectivity index (χ4v) is 2.44. The van der Waals surface area contributed by atoms with Crippen molar-refractivity contribution in [2.24, 2.45) is 0 Å². The van der Waals surface area contributed by atoms with Crippen molar-refractivity contribution in [2.45, 2.75) is 19.5 Å². The number of carbonyl (C=O) groups excluding carboxylic acids is 2. The van der Waals surface area contributed by atoms with E-state index >= 15 is 0 Å². The van der Waals surface area contributed by atoms with Gasteiger partial charge in [-0.25, -0.2) is 0 Å². The maximum Gasteiger partial charge on any atom is 0.251 e. The van der Waals surface area contributed by atoms with Crippen LogP contribution in [0.3, 0.4) is 0 Å². The summed E-state index contributed by atoms with van der Waals surface area (Å²) in [6.45, 7) is 2.45.